The average Bonchev–Trinajstić information content (AvgIpc) is 3.19. The molecule has 2 unspecified atom stereocenters. The zero-order chi connectivity index (χ0) is 20.1. The van der Waals surface area contributed by atoms with Crippen molar-refractivity contribution in [3.05, 3.63) is 102 Å². The number of aromatic nitrogens is 1. The summed E-state index contributed by atoms with van der Waals surface area (Å²) >= 11 is 0. The average molecular weight is 384 g/mol. The number of nitrogens with one attached hydrogen (secondary N) is 2. The normalized spacial score (nSPS) is 13.0. The Balaban J connectivity index is 1.53. The van der Waals surface area contributed by atoms with Crippen LogP contribution in [0.25, 0.3) is 10.9 Å². The van der Waals surface area contributed by atoms with Crippen LogP contribution in [0.3, 0.4) is 0 Å². The minimum absolute atomic E-state index is 0.0419. The van der Waals surface area contributed by atoms with Crippen LogP contribution in [0.4, 0.5) is 0 Å². The molecule has 0 aliphatic heterocycles. The van der Waals surface area contributed by atoms with Gasteiger partial charge in [-0.2, -0.15) is 0 Å². The third-order valence-electron chi connectivity index (χ3n) is 5.10. The van der Waals surface area contributed by atoms with Gasteiger partial charge < -0.3 is 15.0 Å². The van der Waals surface area contributed by atoms with Crippen LogP contribution in [0.15, 0.2) is 91.1 Å². The van der Waals surface area contributed by atoms with E-state index in [1.807, 2.05) is 66.9 Å². The number of rotatable bonds is 7. The number of ether oxygens (including phenoxy) is 1. The number of fused-ring (bicyclic) bond motifs is 1. The van der Waals surface area contributed by atoms with Crippen LogP contribution in [0.5, 0.6) is 5.75 Å². The van der Waals surface area contributed by atoms with Gasteiger partial charge in [0, 0.05) is 29.6 Å². The van der Waals surface area contributed by atoms with Crippen molar-refractivity contribution in [3.8, 4) is 5.75 Å². The molecule has 0 bridgehead atoms. The number of hydrogen-bond donors (Lipinski definition) is 2. The van der Waals surface area contributed by atoms with E-state index in [0.717, 1.165) is 11.1 Å². The van der Waals surface area contributed by atoms with Crippen molar-refractivity contribution in [2.24, 2.45) is 0 Å². The molecule has 0 aliphatic rings. The minimum atomic E-state index is -0.572. The molecule has 4 rings (SSSR count). The predicted molar refractivity (Wildman–Crippen MR) is 116 cm³/mol. The van der Waals surface area contributed by atoms with E-state index in [2.05, 4.69) is 34.6 Å². The lowest BCUT2D eigenvalue weighted by Gasteiger charge is -2.20. The molecule has 0 saturated carbocycles. The Morgan fingerprint density at radius 3 is 2.34 bits per heavy atom. The molecule has 2 N–H and O–H groups in total. The maximum absolute atomic E-state index is 12.7. The van der Waals surface area contributed by atoms with Crippen molar-refractivity contribution in [3.63, 3.8) is 0 Å². The Labute approximate surface area is 170 Å². The van der Waals surface area contributed by atoms with Crippen LogP contribution < -0.4 is 10.1 Å². The van der Waals surface area contributed by atoms with Gasteiger partial charge in [0.2, 0.25) is 0 Å². The van der Waals surface area contributed by atoms with Gasteiger partial charge in [-0.05, 0) is 36.2 Å². The topological polar surface area (TPSA) is 54.1 Å². The number of aromatic amines is 1. The van der Waals surface area contributed by atoms with Crippen LogP contribution in [-0.4, -0.2) is 23.5 Å². The van der Waals surface area contributed by atoms with E-state index in [-0.39, 0.29) is 11.8 Å². The molecule has 0 aliphatic carbocycles. The van der Waals surface area contributed by atoms with Gasteiger partial charge in [-0.1, -0.05) is 66.7 Å². The molecular formula is C25H24N2O2. The van der Waals surface area contributed by atoms with E-state index in [4.69, 9.17) is 4.74 Å². The first-order valence-corrected chi connectivity index (χ1v) is 9.83. The van der Waals surface area contributed by atoms with Gasteiger partial charge in [-0.3, -0.25) is 4.79 Å². The number of benzene rings is 3. The second-order valence-corrected chi connectivity index (χ2v) is 7.07. The van der Waals surface area contributed by atoms with Crippen LogP contribution in [-0.2, 0) is 4.79 Å². The summed E-state index contributed by atoms with van der Waals surface area (Å²) in [5.74, 6) is 0.598. The maximum atomic E-state index is 12.7. The van der Waals surface area contributed by atoms with E-state index < -0.39 is 6.10 Å². The Kier molecular flexibility index (Phi) is 5.61. The highest BCUT2D eigenvalue weighted by Gasteiger charge is 2.21. The van der Waals surface area contributed by atoms with Gasteiger partial charge in [-0.25, -0.2) is 0 Å². The Bertz CT molecular complexity index is 1070. The van der Waals surface area contributed by atoms with Crippen molar-refractivity contribution < 1.29 is 9.53 Å². The summed E-state index contributed by atoms with van der Waals surface area (Å²) in [6.07, 6.45) is 1.47. The van der Waals surface area contributed by atoms with Crippen molar-refractivity contribution in [2.45, 2.75) is 18.9 Å². The summed E-state index contributed by atoms with van der Waals surface area (Å²) < 4.78 is 5.76. The summed E-state index contributed by atoms with van der Waals surface area (Å²) in [7, 11) is 0. The van der Waals surface area contributed by atoms with Crippen molar-refractivity contribution in [2.75, 3.05) is 6.54 Å². The van der Waals surface area contributed by atoms with Crippen molar-refractivity contribution >= 4 is 16.8 Å². The largest absolute Gasteiger partial charge is 0.481 e. The standard InChI is InChI=1S/C25H24N2O2/c1-18(29-20-12-6-3-7-13-20)25(28)27-16-22(19-10-4-2-5-11-19)23-17-26-24-15-9-8-14-21(23)24/h2-15,17-18,22,26H,16H2,1H3,(H,27,28). The molecule has 0 fully saturated rings. The number of hydrogen-bond acceptors (Lipinski definition) is 2. The van der Waals surface area contributed by atoms with E-state index in [9.17, 15) is 4.79 Å². The second kappa shape index (κ2) is 8.65. The predicted octanol–water partition coefficient (Wildman–Crippen LogP) is 4.88. The highest BCUT2D eigenvalue weighted by molar-refractivity contribution is 5.85. The molecular weight excluding hydrogens is 360 g/mol. The monoisotopic (exact) mass is 384 g/mol. The van der Waals surface area contributed by atoms with Crippen LogP contribution in [0.1, 0.15) is 24.0 Å². The highest BCUT2D eigenvalue weighted by Crippen LogP contribution is 2.30. The molecule has 0 radical (unpaired) electrons. The van der Waals surface area contributed by atoms with Gasteiger partial charge >= 0.3 is 0 Å². The van der Waals surface area contributed by atoms with E-state index in [1.165, 1.54) is 10.9 Å². The van der Waals surface area contributed by atoms with E-state index >= 15 is 0 Å². The van der Waals surface area contributed by atoms with Crippen LogP contribution in [0, 0.1) is 0 Å². The van der Waals surface area contributed by atoms with E-state index in [0.29, 0.717) is 12.3 Å². The number of H-pyrrole nitrogens is 1. The van der Waals surface area contributed by atoms with Gasteiger partial charge in [-0.15, -0.1) is 0 Å². The Morgan fingerprint density at radius 1 is 0.931 bits per heavy atom. The van der Waals surface area contributed by atoms with Crippen molar-refractivity contribution in [1.29, 1.82) is 0 Å². The molecule has 2 atom stereocenters. The lowest BCUT2D eigenvalue weighted by atomic mass is 9.91. The highest BCUT2D eigenvalue weighted by atomic mass is 16.5. The first-order valence-electron chi connectivity index (χ1n) is 9.83. The third-order valence-corrected chi connectivity index (χ3v) is 5.10. The lowest BCUT2D eigenvalue weighted by Crippen LogP contribution is -2.38. The molecule has 0 saturated heterocycles. The van der Waals surface area contributed by atoms with Gasteiger partial charge in [0.15, 0.2) is 6.10 Å². The van der Waals surface area contributed by atoms with E-state index in [1.54, 1.807) is 6.92 Å². The molecule has 146 valence electrons. The minimum Gasteiger partial charge on any atom is -0.481 e. The molecule has 1 heterocycles. The SMILES string of the molecule is CC(Oc1ccccc1)C(=O)NCC(c1ccccc1)c1c[nH]c2ccccc12. The van der Waals surface area contributed by atoms with Gasteiger partial charge in [0.25, 0.3) is 5.91 Å². The quantitative estimate of drug-likeness (QED) is 0.477. The smallest absolute Gasteiger partial charge is 0.260 e. The number of carbonyl (C=O) groups is 1. The van der Waals surface area contributed by atoms with Gasteiger partial charge in [0.1, 0.15) is 5.75 Å². The summed E-state index contributed by atoms with van der Waals surface area (Å²) in [5.41, 5.74) is 3.42. The summed E-state index contributed by atoms with van der Waals surface area (Å²) in [5, 5.41) is 4.25. The fourth-order valence-electron chi connectivity index (χ4n) is 3.58. The Morgan fingerprint density at radius 2 is 1.59 bits per heavy atom. The third kappa shape index (κ3) is 4.32. The van der Waals surface area contributed by atoms with Crippen molar-refractivity contribution in [1.82, 2.24) is 10.3 Å². The zero-order valence-electron chi connectivity index (χ0n) is 16.3. The molecule has 0 spiro atoms. The molecule has 29 heavy (non-hydrogen) atoms. The summed E-state index contributed by atoms with van der Waals surface area (Å²) in [6.45, 7) is 2.26. The molecule has 1 amide bonds. The van der Waals surface area contributed by atoms with Crippen LogP contribution in [0.2, 0.25) is 0 Å². The Hall–Kier alpha value is -3.53. The fourth-order valence-corrected chi connectivity index (χ4v) is 3.58. The number of carbonyl (C=O) groups excluding carboxylic acids is 1. The number of amides is 1. The van der Waals surface area contributed by atoms with Gasteiger partial charge in [0.05, 0.1) is 0 Å². The summed E-state index contributed by atoms with van der Waals surface area (Å²) in [4.78, 5) is 16.0. The maximum Gasteiger partial charge on any atom is 0.260 e. The number of para-hydroxylation sites is 2. The molecule has 1 aromatic heterocycles. The molecule has 3 aromatic carbocycles. The second-order valence-electron chi connectivity index (χ2n) is 7.07. The molecule has 4 nitrogen and oxygen atoms in total. The summed E-state index contributed by atoms with van der Waals surface area (Å²) in [6, 6.07) is 27.9. The molecule has 4 heteroatoms. The zero-order valence-corrected chi connectivity index (χ0v) is 16.3. The van der Waals surface area contributed by atoms with Crippen LogP contribution >= 0.6 is 0 Å². The molecule has 4 aromatic rings. The first kappa shape index (κ1) is 18.8. The fraction of sp³-hybridized carbons (Fsp3) is 0.160. The first-order chi connectivity index (χ1) is 14.2. The lowest BCUT2D eigenvalue weighted by molar-refractivity contribution is -0.127.